The van der Waals surface area contributed by atoms with Crippen LogP contribution in [-0.2, 0) is 27.1 Å². The molecule has 0 N–H and O–H groups in total. The number of anilines is 5. The number of thiophene rings is 1. The molecule has 0 fully saturated rings. The predicted molar refractivity (Wildman–Crippen MR) is 300 cm³/mol. The smallest absolute Gasteiger partial charge is 0.334 e. The van der Waals surface area contributed by atoms with Crippen molar-refractivity contribution >= 4 is 66.9 Å². The van der Waals surface area contributed by atoms with E-state index in [-0.39, 0.29) is 33.9 Å². The summed E-state index contributed by atoms with van der Waals surface area (Å²) in [5, 5.41) is 2.72. The van der Waals surface area contributed by atoms with Gasteiger partial charge >= 0.3 is 6.85 Å². The van der Waals surface area contributed by atoms with Crippen LogP contribution in [0.3, 0.4) is 0 Å². The van der Waals surface area contributed by atoms with E-state index in [1.54, 1.807) is 0 Å². The molecule has 0 spiro atoms. The molecule has 8 aromatic rings. The lowest BCUT2D eigenvalue weighted by molar-refractivity contribution is 0.332. The van der Waals surface area contributed by atoms with Crippen LogP contribution in [0.1, 0.15) is 135 Å². The molecular weight excluding hydrogens is 852 g/mol. The van der Waals surface area contributed by atoms with Crippen LogP contribution in [0.25, 0.3) is 43.5 Å². The van der Waals surface area contributed by atoms with Crippen molar-refractivity contribution in [2.75, 3.05) is 9.71 Å². The van der Waals surface area contributed by atoms with E-state index in [0.717, 1.165) is 0 Å². The van der Waals surface area contributed by atoms with Gasteiger partial charge < -0.3 is 9.71 Å². The van der Waals surface area contributed by atoms with Crippen LogP contribution in [0.15, 0.2) is 140 Å². The summed E-state index contributed by atoms with van der Waals surface area (Å²) < 4.78 is 1.38. The third-order valence-corrected chi connectivity index (χ3v) is 18.3. The van der Waals surface area contributed by atoms with Crippen molar-refractivity contribution in [2.24, 2.45) is 0 Å². The molecule has 1 aromatic heterocycles. The highest BCUT2D eigenvalue weighted by molar-refractivity contribution is 7.26. The molecule has 0 bridgehead atoms. The van der Waals surface area contributed by atoms with Crippen molar-refractivity contribution < 1.29 is 0 Å². The number of fused-ring (bicyclic) bond motifs is 8. The third kappa shape index (κ3) is 6.86. The maximum atomic E-state index is 2.78. The number of aryl methyl sites for hydroxylation is 1. The molecule has 4 aliphatic rings. The molecular formula is C65H67BN2S. The van der Waals surface area contributed by atoms with E-state index in [0.29, 0.717) is 0 Å². The predicted octanol–water partition coefficient (Wildman–Crippen LogP) is 17.2. The second-order valence-electron chi connectivity index (χ2n) is 24.8. The fourth-order valence-electron chi connectivity index (χ4n) is 12.8. The van der Waals surface area contributed by atoms with E-state index in [1.165, 1.54) is 141 Å². The monoisotopic (exact) mass is 919 g/mol. The summed E-state index contributed by atoms with van der Waals surface area (Å²) in [4.78, 5) is 5.48. The highest BCUT2D eigenvalue weighted by atomic mass is 32.1. The highest BCUT2D eigenvalue weighted by Crippen LogP contribution is 2.55. The number of rotatable bonds is 4. The minimum absolute atomic E-state index is 0.0155. The molecule has 0 atom stereocenters. The first-order valence-electron chi connectivity index (χ1n) is 25.6. The summed E-state index contributed by atoms with van der Waals surface area (Å²) in [5.41, 5.74) is 24.4. The van der Waals surface area contributed by atoms with Crippen LogP contribution in [0.4, 0.5) is 27.8 Å². The molecule has 4 heteroatoms. The number of nitrogens with zero attached hydrogens (tertiary/aromatic N) is 2. The Balaban J connectivity index is 1.23. The first kappa shape index (κ1) is 44.4. The Morgan fingerprint density at radius 1 is 0.478 bits per heavy atom. The maximum absolute atomic E-state index is 2.78. The van der Waals surface area contributed by atoms with E-state index in [4.69, 9.17) is 0 Å². The van der Waals surface area contributed by atoms with Gasteiger partial charge in [-0.25, -0.2) is 0 Å². The second kappa shape index (κ2) is 15.1. The topological polar surface area (TPSA) is 6.48 Å². The molecule has 0 amide bonds. The van der Waals surface area contributed by atoms with E-state index >= 15 is 0 Å². The van der Waals surface area contributed by atoms with Crippen LogP contribution >= 0.6 is 11.3 Å². The number of benzene rings is 7. The van der Waals surface area contributed by atoms with Crippen molar-refractivity contribution in [2.45, 2.75) is 136 Å². The van der Waals surface area contributed by atoms with Gasteiger partial charge in [0.25, 0.3) is 0 Å². The normalized spacial score (nSPS) is 18.0. The molecule has 3 heterocycles. The van der Waals surface area contributed by atoms with Crippen LogP contribution in [0, 0.1) is 6.92 Å². The lowest BCUT2D eigenvalue weighted by Gasteiger charge is -2.47. The first-order chi connectivity index (χ1) is 32.7. The molecule has 7 aromatic carbocycles. The SMILES string of the molecule is Cc1cc2c3c(c1)N(c1ccc(C(C)(C)C)cc1-c1ccccc1)c1sc4cc5c(cc4c1B3N(c1ccc3c(c1)C(C)(C)CCC3(C)C)c1ccc(-c3ccccc3)cc1-2)C(C)(C)CCC5(C)C. The summed E-state index contributed by atoms with van der Waals surface area (Å²) >= 11 is 2.01. The average molecular weight is 919 g/mol. The van der Waals surface area contributed by atoms with Crippen molar-refractivity contribution in [3.8, 4) is 33.4 Å². The van der Waals surface area contributed by atoms with Gasteiger partial charge in [-0.05, 0) is 186 Å². The molecule has 0 radical (unpaired) electrons. The summed E-state index contributed by atoms with van der Waals surface area (Å²) in [6.07, 6.45) is 4.73. The van der Waals surface area contributed by atoms with Crippen LogP contribution in [0.5, 0.6) is 0 Å². The Morgan fingerprint density at radius 3 is 1.72 bits per heavy atom. The van der Waals surface area contributed by atoms with Gasteiger partial charge in [-0.2, -0.15) is 0 Å². The minimum Gasteiger partial charge on any atom is -0.376 e. The number of hydrogen-bond acceptors (Lipinski definition) is 3. The van der Waals surface area contributed by atoms with Gasteiger partial charge in [-0.15, -0.1) is 11.3 Å². The van der Waals surface area contributed by atoms with Crippen molar-refractivity contribution in [3.05, 3.63) is 173 Å². The maximum Gasteiger partial charge on any atom is 0.334 e. The molecule has 2 aliphatic heterocycles. The molecule has 2 nitrogen and oxygen atoms in total. The molecule has 12 rings (SSSR count). The molecule has 346 valence electrons. The Labute approximate surface area is 416 Å². The van der Waals surface area contributed by atoms with Crippen LogP contribution < -0.4 is 20.6 Å². The Morgan fingerprint density at radius 2 is 1.07 bits per heavy atom. The summed E-state index contributed by atoms with van der Waals surface area (Å²) in [5.74, 6) is 0. The van der Waals surface area contributed by atoms with Gasteiger partial charge in [0.1, 0.15) is 0 Å². The summed E-state index contributed by atoms with van der Waals surface area (Å²) in [7, 11) is 0. The minimum atomic E-state index is -0.0739. The number of hydrogen-bond donors (Lipinski definition) is 0. The van der Waals surface area contributed by atoms with Crippen LogP contribution in [-0.4, -0.2) is 6.85 Å². The van der Waals surface area contributed by atoms with E-state index < -0.39 is 0 Å². The molecule has 0 unspecified atom stereocenters. The molecule has 0 saturated carbocycles. The first-order valence-corrected chi connectivity index (χ1v) is 26.4. The van der Waals surface area contributed by atoms with Gasteiger partial charge in [0, 0.05) is 32.9 Å². The van der Waals surface area contributed by atoms with Crippen molar-refractivity contribution in [1.29, 1.82) is 0 Å². The van der Waals surface area contributed by atoms with E-state index in [9.17, 15) is 0 Å². The van der Waals surface area contributed by atoms with Gasteiger partial charge in [0.05, 0.1) is 10.7 Å². The van der Waals surface area contributed by atoms with Gasteiger partial charge in [0.2, 0.25) is 0 Å². The largest absolute Gasteiger partial charge is 0.376 e. The van der Waals surface area contributed by atoms with Crippen molar-refractivity contribution in [3.63, 3.8) is 0 Å². The molecule has 0 saturated heterocycles. The standard InChI is InChI=1S/C65H67BN2S/c1-40-33-48-47-35-43(41-19-15-13-16-20-41)23-27-55(47)68(45-25-26-50-51(37-45)63(7,8)30-29-62(50,5)6)66-58(48)56(34-40)67(54-28-24-44(61(2,3)4)36-46(54)42-21-17-14-18-22-42)60-59(66)49-38-52-53(39-57(49)69-60)65(11,12)32-31-64(52,9)10/h13-28,33-39H,29-32H2,1-12H3. The lowest BCUT2D eigenvalue weighted by atomic mass is 9.43. The fraction of sp³-hybridized carbons (Fsp3) is 0.323. The third-order valence-electron chi connectivity index (χ3n) is 17.2. The molecule has 69 heavy (non-hydrogen) atoms. The Bertz CT molecular complexity index is 3400. The van der Waals surface area contributed by atoms with Crippen molar-refractivity contribution in [1.82, 2.24) is 0 Å². The van der Waals surface area contributed by atoms with E-state index in [1.807, 2.05) is 11.3 Å². The second-order valence-corrected chi connectivity index (χ2v) is 25.8. The van der Waals surface area contributed by atoms with Gasteiger partial charge in [-0.3, -0.25) is 0 Å². The molecule has 2 aliphatic carbocycles. The zero-order valence-corrected chi connectivity index (χ0v) is 43.8. The average Bonchev–Trinajstić information content (AvgIpc) is 3.70. The Kier molecular flexibility index (Phi) is 9.70. The highest BCUT2D eigenvalue weighted by Gasteiger charge is 2.49. The Hall–Kier alpha value is -5.84. The zero-order chi connectivity index (χ0) is 48.2. The quantitative estimate of drug-likeness (QED) is 0.162. The van der Waals surface area contributed by atoms with Gasteiger partial charge in [0.15, 0.2) is 0 Å². The zero-order valence-electron chi connectivity index (χ0n) is 43.0. The van der Waals surface area contributed by atoms with Gasteiger partial charge in [-0.1, -0.05) is 161 Å². The summed E-state index contributed by atoms with van der Waals surface area (Å²) in [6.45, 7) is 29.0. The van der Waals surface area contributed by atoms with E-state index in [2.05, 4.69) is 232 Å². The fourth-order valence-corrected chi connectivity index (χ4v) is 14.1. The lowest BCUT2D eigenvalue weighted by Crippen LogP contribution is -2.61. The summed E-state index contributed by atoms with van der Waals surface area (Å²) in [6, 6.07) is 54.6. The van der Waals surface area contributed by atoms with Crippen LogP contribution in [0.2, 0.25) is 0 Å².